The van der Waals surface area contributed by atoms with E-state index < -0.39 is 0 Å². The summed E-state index contributed by atoms with van der Waals surface area (Å²) >= 11 is 0. The maximum absolute atomic E-state index is 9.85. The Balaban J connectivity index is 0.000000186. The number of rotatable bonds is 3. The van der Waals surface area contributed by atoms with Crippen LogP contribution in [0.25, 0.3) is 11.1 Å². The second-order valence-corrected chi connectivity index (χ2v) is 5.91. The predicted molar refractivity (Wildman–Crippen MR) is 105 cm³/mol. The molecule has 0 radical (unpaired) electrons. The van der Waals surface area contributed by atoms with E-state index >= 15 is 0 Å². The molecule has 128 valence electrons. The van der Waals surface area contributed by atoms with Gasteiger partial charge in [0, 0.05) is 5.56 Å². The van der Waals surface area contributed by atoms with Crippen LogP contribution in [0.4, 0.5) is 0 Å². The zero-order chi connectivity index (χ0) is 18.2. The van der Waals surface area contributed by atoms with Crippen LogP contribution in [0.3, 0.4) is 0 Å². The number of hydrogen-bond donors (Lipinski definition) is 2. The smallest absolute Gasteiger partial charge is 0.126 e. The van der Waals surface area contributed by atoms with Crippen molar-refractivity contribution in [1.82, 2.24) is 0 Å². The van der Waals surface area contributed by atoms with Crippen LogP contribution in [0.2, 0.25) is 0 Å². The number of allylic oxidation sites excluding steroid dienone is 1. The molecule has 0 heterocycles. The Morgan fingerprint density at radius 3 is 2.00 bits per heavy atom. The molecule has 0 bridgehead atoms. The fraction of sp³-hybridized carbons (Fsp3) is 0.130. The van der Waals surface area contributed by atoms with E-state index in [2.05, 4.69) is 6.58 Å². The van der Waals surface area contributed by atoms with Gasteiger partial charge in [0.25, 0.3) is 0 Å². The summed E-state index contributed by atoms with van der Waals surface area (Å²) in [5, 5.41) is 19.3. The molecule has 0 aromatic heterocycles. The molecular formula is C23H24O2. The molecule has 0 fully saturated rings. The number of para-hydroxylation sites is 2. The van der Waals surface area contributed by atoms with Gasteiger partial charge in [-0.3, -0.25) is 0 Å². The van der Waals surface area contributed by atoms with Crippen molar-refractivity contribution in [2.24, 2.45) is 0 Å². The van der Waals surface area contributed by atoms with Crippen molar-refractivity contribution in [3.63, 3.8) is 0 Å². The van der Waals surface area contributed by atoms with Crippen molar-refractivity contribution in [2.45, 2.75) is 20.3 Å². The molecule has 3 aromatic carbocycles. The molecule has 0 unspecified atom stereocenters. The average Bonchev–Trinajstić information content (AvgIpc) is 2.63. The van der Waals surface area contributed by atoms with Crippen LogP contribution in [0.15, 0.2) is 79.4 Å². The Labute approximate surface area is 149 Å². The Bertz CT molecular complexity index is 836. The maximum Gasteiger partial charge on any atom is 0.126 e. The zero-order valence-corrected chi connectivity index (χ0v) is 14.7. The van der Waals surface area contributed by atoms with Gasteiger partial charge in [-0.1, -0.05) is 72.8 Å². The van der Waals surface area contributed by atoms with Gasteiger partial charge in [0.15, 0.2) is 0 Å². The van der Waals surface area contributed by atoms with Gasteiger partial charge >= 0.3 is 0 Å². The third-order valence-electron chi connectivity index (χ3n) is 4.01. The molecule has 0 aliphatic rings. The quantitative estimate of drug-likeness (QED) is 0.595. The van der Waals surface area contributed by atoms with Crippen molar-refractivity contribution in [2.75, 3.05) is 0 Å². The van der Waals surface area contributed by atoms with Gasteiger partial charge in [0.1, 0.15) is 11.5 Å². The van der Waals surface area contributed by atoms with Crippen LogP contribution in [-0.4, -0.2) is 10.2 Å². The zero-order valence-electron chi connectivity index (χ0n) is 14.7. The lowest BCUT2D eigenvalue weighted by molar-refractivity contribution is 0.465. The van der Waals surface area contributed by atoms with E-state index in [9.17, 15) is 10.2 Å². The lowest BCUT2D eigenvalue weighted by Gasteiger charge is -2.06. The molecule has 0 spiro atoms. The highest BCUT2D eigenvalue weighted by molar-refractivity contribution is 5.71. The molecule has 25 heavy (non-hydrogen) atoms. The summed E-state index contributed by atoms with van der Waals surface area (Å²) in [4.78, 5) is 0. The van der Waals surface area contributed by atoms with E-state index in [4.69, 9.17) is 0 Å². The highest BCUT2D eigenvalue weighted by Gasteiger charge is 2.04. The van der Waals surface area contributed by atoms with Crippen LogP contribution in [-0.2, 0) is 6.42 Å². The summed E-state index contributed by atoms with van der Waals surface area (Å²) in [5.74, 6) is 0.770. The Morgan fingerprint density at radius 1 is 0.760 bits per heavy atom. The van der Waals surface area contributed by atoms with E-state index in [0.29, 0.717) is 11.5 Å². The topological polar surface area (TPSA) is 40.5 Å². The Morgan fingerprint density at radius 2 is 1.36 bits per heavy atom. The van der Waals surface area contributed by atoms with E-state index in [1.807, 2.05) is 80.6 Å². The van der Waals surface area contributed by atoms with Crippen molar-refractivity contribution < 1.29 is 10.2 Å². The van der Waals surface area contributed by atoms with Crippen LogP contribution >= 0.6 is 0 Å². The lowest BCUT2D eigenvalue weighted by atomic mass is 10.0. The van der Waals surface area contributed by atoms with E-state index in [-0.39, 0.29) is 0 Å². The Kier molecular flexibility index (Phi) is 6.41. The Hall–Kier alpha value is -3.00. The van der Waals surface area contributed by atoms with Crippen LogP contribution in [0.1, 0.15) is 16.7 Å². The highest BCUT2D eigenvalue weighted by Crippen LogP contribution is 2.31. The van der Waals surface area contributed by atoms with Gasteiger partial charge in [0.2, 0.25) is 0 Å². The normalized spacial score (nSPS) is 9.84. The van der Waals surface area contributed by atoms with Crippen molar-refractivity contribution in [1.29, 1.82) is 0 Å². The van der Waals surface area contributed by atoms with Crippen molar-refractivity contribution >= 4 is 0 Å². The summed E-state index contributed by atoms with van der Waals surface area (Å²) in [6.07, 6.45) is 2.52. The van der Waals surface area contributed by atoms with Gasteiger partial charge in [-0.05, 0) is 42.5 Å². The minimum atomic E-state index is 0.374. The minimum Gasteiger partial charge on any atom is -0.507 e. The summed E-state index contributed by atoms with van der Waals surface area (Å²) in [7, 11) is 0. The van der Waals surface area contributed by atoms with Gasteiger partial charge in [0.05, 0.1) is 0 Å². The van der Waals surface area contributed by atoms with Gasteiger partial charge in [-0.25, -0.2) is 0 Å². The number of phenols is 2. The van der Waals surface area contributed by atoms with Crippen molar-refractivity contribution in [3.05, 3.63) is 96.1 Å². The molecule has 0 saturated carbocycles. The number of benzene rings is 3. The third-order valence-corrected chi connectivity index (χ3v) is 4.01. The monoisotopic (exact) mass is 332 g/mol. The maximum atomic E-state index is 9.85. The van der Waals surface area contributed by atoms with Crippen LogP contribution < -0.4 is 0 Å². The largest absolute Gasteiger partial charge is 0.507 e. The molecule has 3 aromatic rings. The van der Waals surface area contributed by atoms with Crippen LogP contribution in [0, 0.1) is 13.8 Å². The fourth-order valence-electron chi connectivity index (χ4n) is 2.55. The second kappa shape index (κ2) is 8.74. The summed E-state index contributed by atoms with van der Waals surface area (Å²) in [6, 6.07) is 21.4. The molecule has 2 heteroatoms. The van der Waals surface area contributed by atoms with Gasteiger partial charge < -0.3 is 10.2 Å². The molecule has 0 aliphatic carbocycles. The average molecular weight is 332 g/mol. The van der Waals surface area contributed by atoms with E-state index in [1.54, 1.807) is 6.08 Å². The first kappa shape index (κ1) is 18.3. The van der Waals surface area contributed by atoms with Gasteiger partial charge in [-0.15, -0.1) is 6.58 Å². The van der Waals surface area contributed by atoms with Crippen molar-refractivity contribution in [3.8, 4) is 22.6 Å². The first-order valence-electron chi connectivity index (χ1n) is 8.27. The molecule has 3 rings (SSSR count). The number of phenolic OH excluding ortho intramolecular Hbond substituents is 2. The minimum absolute atomic E-state index is 0.374. The molecular weight excluding hydrogens is 308 g/mol. The number of aryl methyl sites for hydroxylation is 2. The van der Waals surface area contributed by atoms with E-state index in [1.165, 1.54) is 0 Å². The fourth-order valence-corrected chi connectivity index (χ4v) is 2.55. The standard InChI is InChI=1S/C13H12O.C10H12O/c1-10-6-5-9-12(13(10)14)11-7-3-2-4-8-11;1-3-5-9-7-4-6-8(2)10(9)11/h2-9,14H,1H3;3-4,6-7,11H,1,5H2,2H3. The third kappa shape index (κ3) is 4.74. The molecule has 0 aliphatic heterocycles. The number of aromatic hydroxyl groups is 2. The first-order chi connectivity index (χ1) is 12.0. The first-order valence-corrected chi connectivity index (χ1v) is 8.27. The molecule has 0 saturated heterocycles. The SMILES string of the molecule is C=CCc1cccc(C)c1O.Cc1cccc(-c2ccccc2)c1O. The lowest BCUT2D eigenvalue weighted by Crippen LogP contribution is -1.83. The molecule has 2 N–H and O–H groups in total. The molecule has 2 nitrogen and oxygen atoms in total. The highest BCUT2D eigenvalue weighted by atomic mass is 16.3. The number of hydrogen-bond acceptors (Lipinski definition) is 2. The summed E-state index contributed by atoms with van der Waals surface area (Å²) < 4.78 is 0. The van der Waals surface area contributed by atoms with Gasteiger partial charge in [-0.2, -0.15) is 0 Å². The second-order valence-electron chi connectivity index (χ2n) is 5.91. The predicted octanol–water partition coefficient (Wildman–Crippen LogP) is 5.80. The summed E-state index contributed by atoms with van der Waals surface area (Å²) in [5.41, 5.74) is 4.72. The molecule has 0 amide bonds. The summed E-state index contributed by atoms with van der Waals surface area (Å²) in [6.45, 7) is 7.41. The van der Waals surface area contributed by atoms with Crippen LogP contribution in [0.5, 0.6) is 11.5 Å². The van der Waals surface area contributed by atoms with E-state index in [0.717, 1.165) is 34.2 Å². The molecule has 0 atom stereocenters.